The first-order chi connectivity index (χ1) is 9.40. The Balaban J connectivity index is 2.13. The van der Waals surface area contributed by atoms with Crippen LogP contribution in [0.5, 0.6) is 0 Å². The lowest BCUT2D eigenvalue weighted by Gasteiger charge is -2.17. The highest BCUT2D eigenvalue weighted by atomic mass is 15.1. The molecular formula is C16H13N3. The molecular weight excluding hydrogens is 234 g/mol. The fourth-order valence-corrected chi connectivity index (χ4v) is 2.37. The molecule has 1 atom stereocenters. The Kier molecular flexibility index (Phi) is 2.99. The molecule has 1 heterocycles. The molecule has 0 aliphatic rings. The van der Waals surface area contributed by atoms with Gasteiger partial charge in [-0.15, -0.1) is 0 Å². The van der Waals surface area contributed by atoms with E-state index in [1.807, 2.05) is 48.8 Å². The standard InChI is InChI=1S/C16H13N3/c17-11-10-15(13-6-2-1-3-7-13)19-12-18-14-8-4-5-9-16(14)19/h1-9,12,15H,10H2. The van der Waals surface area contributed by atoms with Crippen LogP contribution in [0.15, 0.2) is 60.9 Å². The molecule has 3 heteroatoms. The zero-order chi connectivity index (χ0) is 13.1. The Labute approximate surface area is 111 Å². The molecule has 0 amide bonds. The van der Waals surface area contributed by atoms with E-state index in [1.165, 1.54) is 0 Å². The first-order valence-electron chi connectivity index (χ1n) is 6.23. The number of imidazole rings is 1. The topological polar surface area (TPSA) is 41.6 Å². The molecule has 1 aromatic heterocycles. The van der Waals surface area contributed by atoms with E-state index in [4.69, 9.17) is 5.26 Å². The van der Waals surface area contributed by atoms with Gasteiger partial charge in [-0.3, -0.25) is 0 Å². The van der Waals surface area contributed by atoms with Gasteiger partial charge in [-0.05, 0) is 17.7 Å². The van der Waals surface area contributed by atoms with E-state index in [9.17, 15) is 0 Å². The summed E-state index contributed by atoms with van der Waals surface area (Å²) in [7, 11) is 0. The van der Waals surface area contributed by atoms with Gasteiger partial charge in [-0.1, -0.05) is 42.5 Å². The number of hydrogen-bond donors (Lipinski definition) is 0. The summed E-state index contributed by atoms with van der Waals surface area (Å²) in [6, 6.07) is 20.4. The van der Waals surface area contributed by atoms with E-state index in [1.54, 1.807) is 0 Å². The predicted octanol–water partition coefficient (Wildman–Crippen LogP) is 3.54. The van der Waals surface area contributed by atoms with Gasteiger partial charge in [0.25, 0.3) is 0 Å². The summed E-state index contributed by atoms with van der Waals surface area (Å²) in [6.07, 6.45) is 2.25. The predicted molar refractivity (Wildman–Crippen MR) is 74.5 cm³/mol. The quantitative estimate of drug-likeness (QED) is 0.710. The number of nitrogens with zero attached hydrogens (tertiary/aromatic N) is 3. The van der Waals surface area contributed by atoms with Gasteiger partial charge in [0, 0.05) is 0 Å². The van der Waals surface area contributed by atoms with E-state index in [0.29, 0.717) is 6.42 Å². The van der Waals surface area contributed by atoms with Crippen molar-refractivity contribution in [3.05, 3.63) is 66.5 Å². The summed E-state index contributed by atoms with van der Waals surface area (Å²) in [5, 5.41) is 9.09. The SMILES string of the molecule is N#CCC(c1ccccc1)n1cnc2ccccc21. The normalized spacial score (nSPS) is 12.2. The molecule has 0 fully saturated rings. The highest BCUT2D eigenvalue weighted by Gasteiger charge is 2.15. The molecule has 0 aliphatic heterocycles. The van der Waals surface area contributed by atoms with Crippen LogP contribution in [0.1, 0.15) is 18.0 Å². The van der Waals surface area contributed by atoms with Crippen molar-refractivity contribution in [2.75, 3.05) is 0 Å². The van der Waals surface area contributed by atoms with Gasteiger partial charge in [-0.2, -0.15) is 5.26 Å². The lowest BCUT2D eigenvalue weighted by molar-refractivity contribution is 0.613. The molecule has 92 valence electrons. The minimum atomic E-state index is 0.0126. The summed E-state index contributed by atoms with van der Waals surface area (Å²) in [5.41, 5.74) is 3.15. The van der Waals surface area contributed by atoms with Crippen LogP contribution in [0.3, 0.4) is 0 Å². The molecule has 0 radical (unpaired) electrons. The Morgan fingerprint density at radius 1 is 1.05 bits per heavy atom. The van der Waals surface area contributed by atoms with Crippen molar-refractivity contribution in [1.82, 2.24) is 9.55 Å². The van der Waals surface area contributed by atoms with E-state index in [2.05, 4.69) is 27.8 Å². The molecule has 19 heavy (non-hydrogen) atoms. The summed E-state index contributed by atoms with van der Waals surface area (Å²) >= 11 is 0. The van der Waals surface area contributed by atoms with Crippen molar-refractivity contribution in [1.29, 1.82) is 5.26 Å². The number of rotatable bonds is 3. The number of para-hydroxylation sites is 2. The fraction of sp³-hybridized carbons (Fsp3) is 0.125. The summed E-state index contributed by atoms with van der Waals surface area (Å²) in [6.45, 7) is 0. The van der Waals surface area contributed by atoms with Gasteiger partial charge >= 0.3 is 0 Å². The van der Waals surface area contributed by atoms with Crippen molar-refractivity contribution in [2.45, 2.75) is 12.5 Å². The molecule has 0 bridgehead atoms. The van der Waals surface area contributed by atoms with Crippen LogP contribution in [0.25, 0.3) is 11.0 Å². The number of hydrogen-bond acceptors (Lipinski definition) is 2. The third-order valence-corrected chi connectivity index (χ3v) is 3.29. The number of fused-ring (bicyclic) bond motifs is 1. The summed E-state index contributed by atoms with van der Waals surface area (Å²) in [4.78, 5) is 4.40. The number of nitriles is 1. The smallest absolute Gasteiger partial charge is 0.0964 e. The van der Waals surface area contributed by atoms with Crippen LogP contribution < -0.4 is 0 Å². The summed E-state index contributed by atoms with van der Waals surface area (Å²) < 4.78 is 2.08. The first-order valence-corrected chi connectivity index (χ1v) is 6.23. The van der Waals surface area contributed by atoms with Gasteiger partial charge in [0.2, 0.25) is 0 Å². The van der Waals surface area contributed by atoms with Crippen molar-refractivity contribution in [2.24, 2.45) is 0 Å². The maximum atomic E-state index is 9.09. The first kappa shape index (κ1) is 11.5. The number of aromatic nitrogens is 2. The van der Waals surface area contributed by atoms with Crippen LogP contribution in [0, 0.1) is 11.3 Å². The monoisotopic (exact) mass is 247 g/mol. The van der Waals surface area contributed by atoms with Gasteiger partial charge < -0.3 is 4.57 Å². The zero-order valence-electron chi connectivity index (χ0n) is 10.4. The molecule has 3 aromatic rings. The second-order valence-corrected chi connectivity index (χ2v) is 4.43. The van der Waals surface area contributed by atoms with Gasteiger partial charge in [-0.25, -0.2) is 4.98 Å². The van der Waals surface area contributed by atoms with Crippen LogP contribution in [0.2, 0.25) is 0 Å². The fourth-order valence-electron chi connectivity index (χ4n) is 2.37. The highest BCUT2D eigenvalue weighted by Crippen LogP contribution is 2.25. The second kappa shape index (κ2) is 4.95. The van der Waals surface area contributed by atoms with Gasteiger partial charge in [0.05, 0.1) is 35.9 Å². The Morgan fingerprint density at radius 3 is 2.58 bits per heavy atom. The van der Waals surface area contributed by atoms with E-state index < -0.39 is 0 Å². The lowest BCUT2D eigenvalue weighted by atomic mass is 10.0. The Morgan fingerprint density at radius 2 is 1.79 bits per heavy atom. The van der Waals surface area contributed by atoms with Crippen LogP contribution in [-0.2, 0) is 0 Å². The second-order valence-electron chi connectivity index (χ2n) is 4.43. The molecule has 2 aromatic carbocycles. The molecule has 1 unspecified atom stereocenters. The average Bonchev–Trinajstić information content (AvgIpc) is 2.89. The van der Waals surface area contributed by atoms with Gasteiger partial charge in [0.1, 0.15) is 0 Å². The van der Waals surface area contributed by atoms with E-state index >= 15 is 0 Å². The largest absolute Gasteiger partial charge is 0.322 e. The Bertz CT molecular complexity index is 722. The highest BCUT2D eigenvalue weighted by molar-refractivity contribution is 5.75. The maximum Gasteiger partial charge on any atom is 0.0964 e. The molecule has 0 spiro atoms. The molecule has 3 nitrogen and oxygen atoms in total. The van der Waals surface area contributed by atoms with Crippen molar-refractivity contribution >= 4 is 11.0 Å². The average molecular weight is 247 g/mol. The molecule has 0 saturated heterocycles. The minimum Gasteiger partial charge on any atom is -0.322 e. The van der Waals surface area contributed by atoms with Crippen LogP contribution in [0.4, 0.5) is 0 Å². The van der Waals surface area contributed by atoms with E-state index in [0.717, 1.165) is 16.6 Å². The van der Waals surface area contributed by atoms with Crippen molar-refractivity contribution < 1.29 is 0 Å². The molecule has 0 aliphatic carbocycles. The summed E-state index contributed by atoms with van der Waals surface area (Å²) in [5.74, 6) is 0. The molecule has 0 N–H and O–H groups in total. The maximum absolute atomic E-state index is 9.09. The third-order valence-electron chi connectivity index (χ3n) is 3.29. The lowest BCUT2D eigenvalue weighted by Crippen LogP contribution is -2.08. The zero-order valence-corrected chi connectivity index (χ0v) is 10.4. The molecule has 0 saturated carbocycles. The Hall–Kier alpha value is -2.60. The van der Waals surface area contributed by atoms with Crippen molar-refractivity contribution in [3.63, 3.8) is 0 Å². The van der Waals surface area contributed by atoms with Gasteiger partial charge in [0.15, 0.2) is 0 Å². The third kappa shape index (κ3) is 2.09. The van der Waals surface area contributed by atoms with Crippen molar-refractivity contribution in [3.8, 4) is 6.07 Å². The minimum absolute atomic E-state index is 0.0126. The van der Waals surface area contributed by atoms with Crippen LogP contribution >= 0.6 is 0 Å². The molecule has 3 rings (SSSR count). The number of benzene rings is 2. The van der Waals surface area contributed by atoms with E-state index in [-0.39, 0.29) is 6.04 Å². The van der Waals surface area contributed by atoms with Crippen LogP contribution in [-0.4, -0.2) is 9.55 Å².